The van der Waals surface area contributed by atoms with Gasteiger partial charge >= 0.3 is 0 Å². The Morgan fingerprint density at radius 1 is 1.02 bits per heavy atom. The summed E-state index contributed by atoms with van der Waals surface area (Å²) in [5.41, 5.74) is 1.97. The number of rotatable bonds is 12. The third-order valence-corrected chi connectivity index (χ3v) is 8.91. The zero-order valence-corrected chi connectivity index (χ0v) is 25.8. The van der Waals surface area contributed by atoms with Gasteiger partial charge in [0.25, 0.3) is 0 Å². The van der Waals surface area contributed by atoms with Crippen molar-refractivity contribution >= 4 is 23.6 Å². The van der Waals surface area contributed by atoms with E-state index < -0.39 is 0 Å². The standard InChI is InChI=1S/C33H39N5O4S/c1-4-28(25-11-6-5-7-12-25)32(40)37-20-19-36(23-24(37)2)30(39)14-8-9-22-43-33-35-34-31(29-13-10-21-42-29)38(33)26-15-17-27(41-3)18-16-26/h5-7,10-13,15-18,21,24,28H,4,8-9,14,19-20,22-23H2,1-3H3. The van der Waals surface area contributed by atoms with Gasteiger partial charge in [0, 0.05) is 37.8 Å². The summed E-state index contributed by atoms with van der Waals surface area (Å²) in [6, 6.07) is 21.4. The SMILES string of the molecule is CCC(C(=O)N1CCN(C(=O)CCCCSc2nnc(-c3ccco3)n2-c2ccc(OC)cc2)CC1C)c1ccccc1. The van der Waals surface area contributed by atoms with Crippen LogP contribution in [0.5, 0.6) is 5.75 Å². The molecule has 2 amide bonds. The molecule has 0 spiro atoms. The summed E-state index contributed by atoms with van der Waals surface area (Å²) < 4.78 is 12.9. The summed E-state index contributed by atoms with van der Waals surface area (Å²) in [6.07, 6.45) is 4.52. The lowest BCUT2D eigenvalue weighted by Crippen LogP contribution is -2.56. The van der Waals surface area contributed by atoms with Gasteiger partial charge in [-0.05, 0) is 68.1 Å². The van der Waals surface area contributed by atoms with Crippen molar-refractivity contribution in [3.8, 4) is 23.0 Å². The Labute approximate surface area is 257 Å². The predicted octanol–water partition coefficient (Wildman–Crippen LogP) is 6.05. The number of methoxy groups -OCH3 is 1. The average molecular weight is 602 g/mol. The molecule has 1 aliphatic rings. The van der Waals surface area contributed by atoms with Crippen LogP contribution in [-0.4, -0.2) is 74.9 Å². The van der Waals surface area contributed by atoms with Gasteiger partial charge in [0.1, 0.15) is 5.75 Å². The molecule has 2 aromatic carbocycles. The number of hydrogen-bond acceptors (Lipinski definition) is 7. The summed E-state index contributed by atoms with van der Waals surface area (Å²) >= 11 is 1.61. The average Bonchev–Trinajstić information content (AvgIpc) is 3.72. The number of piperazine rings is 1. The number of furan rings is 1. The van der Waals surface area contributed by atoms with E-state index in [-0.39, 0.29) is 23.8 Å². The van der Waals surface area contributed by atoms with Crippen molar-refractivity contribution in [3.63, 3.8) is 0 Å². The molecule has 2 aromatic heterocycles. The molecule has 0 N–H and O–H groups in total. The summed E-state index contributed by atoms with van der Waals surface area (Å²) in [4.78, 5) is 30.3. The fourth-order valence-electron chi connectivity index (χ4n) is 5.54. The normalized spacial score (nSPS) is 15.8. The van der Waals surface area contributed by atoms with Gasteiger partial charge in [0.15, 0.2) is 10.9 Å². The van der Waals surface area contributed by atoms with Crippen LogP contribution in [0.2, 0.25) is 0 Å². The Hall–Kier alpha value is -4.05. The van der Waals surface area contributed by atoms with Crippen LogP contribution in [0.1, 0.15) is 51.0 Å². The minimum atomic E-state index is -0.144. The van der Waals surface area contributed by atoms with E-state index in [1.54, 1.807) is 25.1 Å². The van der Waals surface area contributed by atoms with Crippen LogP contribution in [0.4, 0.5) is 0 Å². The van der Waals surface area contributed by atoms with Crippen molar-refractivity contribution in [2.45, 2.75) is 56.6 Å². The molecule has 0 bridgehead atoms. The quantitative estimate of drug-likeness (QED) is 0.144. The summed E-state index contributed by atoms with van der Waals surface area (Å²) in [7, 11) is 1.64. The Morgan fingerprint density at radius 2 is 1.81 bits per heavy atom. The highest BCUT2D eigenvalue weighted by molar-refractivity contribution is 7.99. The van der Waals surface area contributed by atoms with Crippen molar-refractivity contribution in [2.24, 2.45) is 0 Å². The first kappa shape index (κ1) is 30.4. The van der Waals surface area contributed by atoms with E-state index >= 15 is 0 Å². The minimum absolute atomic E-state index is 0.00816. The van der Waals surface area contributed by atoms with Crippen LogP contribution >= 0.6 is 11.8 Å². The maximum Gasteiger partial charge on any atom is 0.230 e. The van der Waals surface area contributed by atoms with Crippen LogP contribution in [0.3, 0.4) is 0 Å². The summed E-state index contributed by atoms with van der Waals surface area (Å²) in [5, 5.41) is 9.61. The first-order chi connectivity index (χ1) is 21.0. The lowest BCUT2D eigenvalue weighted by Gasteiger charge is -2.41. The zero-order chi connectivity index (χ0) is 30.2. The number of thioether (sulfide) groups is 1. The molecule has 9 nitrogen and oxygen atoms in total. The number of hydrogen-bond donors (Lipinski definition) is 0. The van der Waals surface area contributed by atoms with Gasteiger partial charge in [-0.15, -0.1) is 10.2 Å². The number of amides is 2. The van der Waals surface area contributed by atoms with Crippen molar-refractivity contribution in [1.29, 1.82) is 0 Å². The van der Waals surface area contributed by atoms with E-state index in [4.69, 9.17) is 9.15 Å². The molecular weight excluding hydrogens is 562 g/mol. The van der Waals surface area contributed by atoms with Gasteiger partial charge in [0.2, 0.25) is 17.6 Å². The van der Waals surface area contributed by atoms with Crippen LogP contribution in [0.25, 0.3) is 17.3 Å². The number of carbonyl (C=O) groups is 2. The molecule has 10 heteroatoms. The molecule has 3 heterocycles. The summed E-state index contributed by atoms with van der Waals surface area (Å²) in [5.74, 6) is 3.01. The first-order valence-corrected chi connectivity index (χ1v) is 15.9. The highest BCUT2D eigenvalue weighted by atomic mass is 32.2. The topological polar surface area (TPSA) is 93.7 Å². The minimum Gasteiger partial charge on any atom is -0.497 e. The molecule has 2 unspecified atom stereocenters. The molecule has 0 radical (unpaired) electrons. The van der Waals surface area contributed by atoms with Gasteiger partial charge in [-0.3, -0.25) is 14.2 Å². The molecule has 0 saturated carbocycles. The number of nitrogens with zero attached hydrogens (tertiary/aromatic N) is 5. The lowest BCUT2D eigenvalue weighted by atomic mass is 9.94. The largest absolute Gasteiger partial charge is 0.497 e. The highest BCUT2D eigenvalue weighted by Gasteiger charge is 2.33. The second-order valence-electron chi connectivity index (χ2n) is 10.7. The number of carbonyl (C=O) groups excluding carboxylic acids is 2. The zero-order valence-electron chi connectivity index (χ0n) is 25.0. The van der Waals surface area contributed by atoms with Crippen molar-refractivity contribution in [1.82, 2.24) is 24.6 Å². The van der Waals surface area contributed by atoms with Crippen LogP contribution in [0.15, 0.2) is 82.6 Å². The van der Waals surface area contributed by atoms with Gasteiger partial charge in [-0.25, -0.2) is 0 Å². The Bertz CT molecular complexity index is 1470. The van der Waals surface area contributed by atoms with Crippen molar-refractivity contribution in [2.75, 3.05) is 32.5 Å². The molecule has 43 heavy (non-hydrogen) atoms. The molecule has 1 fully saturated rings. The Morgan fingerprint density at radius 3 is 2.49 bits per heavy atom. The van der Waals surface area contributed by atoms with Gasteiger partial charge in [-0.2, -0.15) is 0 Å². The first-order valence-electron chi connectivity index (χ1n) is 14.9. The predicted molar refractivity (Wildman–Crippen MR) is 167 cm³/mol. The number of aromatic nitrogens is 3. The van der Waals surface area contributed by atoms with E-state index in [1.165, 1.54) is 0 Å². The van der Waals surface area contributed by atoms with E-state index in [2.05, 4.69) is 17.1 Å². The maximum absolute atomic E-state index is 13.4. The third kappa shape index (κ3) is 7.13. The van der Waals surface area contributed by atoms with E-state index in [1.807, 2.05) is 88.0 Å². The van der Waals surface area contributed by atoms with Crippen LogP contribution in [0, 0.1) is 0 Å². The fourth-order valence-corrected chi connectivity index (χ4v) is 6.49. The Balaban J connectivity index is 1.12. The highest BCUT2D eigenvalue weighted by Crippen LogP contribution is 2.30. The lowest BCUT2D eigenvalue weighted by molar-refractivity contribution is -0.143. The molecule has 4 aromatic rings. The molecule has 1 aliphatic heterocycles. The van der Waals surface area contributed by atoms with Gasteiger partial charge in [0.05, 0.1) is 25.0 Å². The van der Waals surface area contributed by atoms with E-state index in [0.29, 0.717) is 37.6 Å². The maximum atomic E-state index is 13.4. The molecule has 2 atom stereocenters. The number of ether oxygens (including phenoxy) is 1. The molecule has 226 valence electrons. The fraction of sp³-hybridized carbons (Fsp3) is 0.394. The van der Waals surface area contributed by atoms with E-state index in [0.717, 1.165) is 47.2 Å². The second kappa shape index (κ2) is 14.4. The Kier molecular flexibility index (Phi) is 10.2. The van der Waals surface area contributed by atoms with Crippen molar-refractivity contribution in [3.05, 3.63) is 78.6 Å². The van der Waals surface area contributed by atoms with E-state index in [9.17, 15) is 9.59 Å². The van der Waals surface area contributed by atoms with Crippen molar-refractivity contribution < 1.29 is 18.7 Å². The molecule has 0 aliphatic carbocycles. The smallest absolute Gasteiger partial charge is 0.230 e. The molecule has 1 saturated heterocycles. The number of unbranched alkanes of at least 4 members (excludes halogenated alkanes) is 1. The van der Waals surface area contributed by atoms with Crippen LogP contribution in [-0.2, 0) is 9.59 Å². The van der Waals surface area contributed by atoms with Gasteiger partial charge < -0.3 is 19.0 Å². The number of benzene rings is 2. The van der Waals surface area contributed by atoms with Gasteiger partial charge in [-0.1, -0.05) is 49.0 Å². The molecule has 5 rings (SSSR count). The second-order valence-corrected chi connectivity index (χ2v) is 11.8. The monoisotopic (exact) mass is 601 g/mol. The van der Waals surface area contributed by atoms with Crippen LogP contribution < -0.4 is 4.74 Å². The molecular formula is C33H39N5O4S. The summed E-state index contributed by atoms with van der Waals surface area (Å²) in [6.45, 7) is 5.82. The third-order valence-electron chi connectivity index (χ3n) is 7.89.